The van der Waals surface area contributed by atoms with E-state index in [2.05, 4.69) is 60.6 Å². The van der Waals surface area contributed by atoms with Gasteiger partial charge in [0.25, 0.3) is 0 Å². The minimum atomic E-state index is -0.322. The first-order valence-corrected chi connectivity index (χ1v) is 10.0. The number of nitrogens with zero attached hydrogens (tertiary/aromatic N) is 4. The van der Waals surface area contributed by atoms with E-state index in [1.807, 2.05) is 11.5 Å². The zero-order chi connectivity index (χ0) is 19.6. The van der Waals surface area contributed by atoms with Crippen LogP contribution in [0.2, 0.25) is 0 Å². The second-order valence-corrected chi connectivity index (χ2v) is 8.39. The molecule has 0 spiro atoms. The molecule has 2 aromatic rings. The maximum atomic E-state index is 12.2. The topological polar surface area (TPSA) is 80.1 Å². The van der Waals surface area contributed by atoms with Gasteiger partial charge in [-0.15, -0.1) is 10.2 Å². The Hall–Kier alpha value is -2.35. The summed E-state index contributed by atoms with van der Waals surface area (Å²) in [5, 5.41) is 11.9. The van der Waals surface area contributed by atoms with E-state index < -0.39 is 0 Å². The van der Waals surface area contributed by atoms with E-state index in [-0.39, 0.29) is 23.1 Å². The van der Waals surface area contributed by atoms with E-state index >= 15 is 0 Å². The third-order valence-electron chi connectivity index (χ3n) is 4.52. The molecule has 1 N–H and O–H groups in total. The van der Waals surface area contributed by atoms with Crippen LogP contribution < -0.4 is 5.32 Å². The second kappa shape index (κ2) is 7.72. The van der Waals surface area contributed by atoms with Crippen molar-refractivity contribution >= 4 is 23.7 Å². The lowest BCUT2D eigenvalue weighted by molar-refractivity contribution is -0.124. The van der Waals surface area contributed by atoms with Crippen molar-refractivity contribution in [1.82, 2.24) is 25.0 Å². The van der Waals surface area contributed by atoms with Crippen LogP contribution in [0.25, 0.3) is 11.4 Å². The van der Waals surface area contributed by atoms with Gasteiger partial charge in [-0.25, -0.2) is 4.79 Å². The standard InChI is InChI=1S/C19H25N5O2S/c1-5-23-16(13-6-8-14(9-7-13)19(2,3)4)21-22-18(23)27-12-15(25)24-11-10-20-17(24)26/h6-9H,5,10-12H2,1-4H3,(H,20,26). The number of amides is 3. The summed E-state index contributed by atoms with van der Waals surface area (Å²) in [5.41, 5.74) is 2.35. The molecule has 1 aliphatic rings. The molecule has 7 nitrogen and oxygen atoms in total. The molecule has 2 heterocycles. The van der Waals surface area contributed by atoms with Gasteiger partial charge in [0.15, 0.2) is 11.0 Å². The van der Waals surface area contributed by atoms with Crippen molar-refractivity contribution in [3.8, 4) is 11.4 Å². The molecule has 3 rings (SSSR count). The highest BCUT2D eigenvalue weighted by Gasteiger charge is 2.26. The number of carbonyl (C=O) groups excluding carboxylic acids is 2. The number of nitrogens with one attached hydrogen (secondary N) is 1. The molecule has 144 valence electrons. The summed E-state index contributed by atoms with van der Waals surface area (Å²) in [6.07, 6.45) is 0. The van der Waals surface area contributed by atoms with Gasteiger partial charge < -0.3 is 9.88 Å². The molecule has 0 bridgehead atoms. The molecule has 1 saturated heterocycles. The normalized spacial score (nSPS) is 14.5. The van der Waals surface area contributed by atoms with Crippen molar-refractivity contribution in [1.29, 1.82) is 0 Å². The molecule has 0 unspecified atom stereocenters. The summed E-state index contributed by atoms with van der Waals surface area (Å²) in [5.74, 6) is 0.734. The highest BCUT2D eigenvalue weighted by Crippen LogP contribution is 2.27. The molecule has 3 amide bonds. The van der Waals surface area contributed by atoms with Gasteiger partial charge >= 0.3 is 6.03 Å². The molecule has 8 heteroatoms. The fourth-order valence-corrected chi connectivity index (χ4v) is 3.81. The van der Waals surface area contributed by atoms with Crippen molar-refractivity contribution in [2.45, 2.75) is 44.8 Å². The number of benzene rings is 1. The predicted octanol–water partition coefficient (Wildman–Crippen LogP) is 2.91. The van der Waals surface area contributed by atoms with Gasteiger partial charge in [0.05, 0.1) is 5.75 Å². The van der Waals surface area contributed by atoms with Gasteiger partial charge in [-0.1, -0.05) is 56.8 Å². The molecule has 1 fully saturated rings. The van der Waals surface area contributed by atoms with Crippen LogP contribution in [0.4, 0.5) is 4.79 Å². The molecule has 0 aliphatic carbocycles. The summed E-state index contributed by atoms with van der Waals surface area (Å²) in [6.45, 7) is 10.2. The average molecular weight is 388 g/mol. The lowest BCUT2D eigenvalue weighted by Crippen LogP contribution is -2.35. The zero-order valence-electron chi connectivity index (χ0n) is 16.2. The Bertz CT molecular complexity index is 839. The number of carbonyl (C=O) groups is 2. The first kappa shape index (κ1) is 19.4. The monoisotopic (exact) mass is 387 g/mol. The number of urea groups is 1. The predicted molar refractivity (Wildman–Crippen MR) is 106 cm³/mol. The highest BCUT2D eigenvalue weighted by molar-refractivity contribution is 7.99. The molecule has 0 saturated carbocycles. The quantitative estimate of drug-likeness (QED) is 0.798. The van der Waals surface area contributed by atoms with E-state index in [4.69, 9.17) is 0 Å². The maximum Gasteiger partial charge on any atom is 0.324 e. The van der Waals surface area contributed by atoms with Gasteiger partial charge in [0.1, 0.15) is 0 Å². The summed E-state index contributed by atoms with van der Waals surface area (Å²) in [7, 11) is 0. The third kappa shape index (κ3) is 4.16. The Balaban J connectivity index is 1.75. The molecule has 1 aliphatic heterocycles. The number of rotatable bonds is 5. The molecular weight excluding hydrogens is 362 g/mol. The Morgan fingerprint density at radius 2 is 1.93 bits per heavy atom. The van der Waals surface area contributed by atoms with Crippen LogP contribution >= 0.6 is 11.8 Å². The maximum absolute atomic E-state index is 12.2. The molecule has 1 aromatic carbocycles. The Labute approximate surface area is 163 Å². The lowest BCUT2D eigenvalue weighted by Gasteiger charge is -2.19. The van der Waals surface area contributed by atoms with Crippen LogP contribution in [0.3, 0.4) is 0 Å². The number of hydrogen-bond donors (Lipinski definition) is 1. The lowest BCUT2D eigenvalue weighted by atomic mass is 9.87. The molecule has 1 aromatic heterocycles. The smallest absolute Gasteiger partial charge is 0.324 e. The molecule has 0 radical (unpaired) electrons. The Kier molecular flexibility index (Phi) is 5.55. The fraction of sp³-hybridized carbons (Fsp3) is 0.474. The van der Waals surface area contributed by atoms with Crippen LogP contribution in [-0.4, -0.2) is 50.4 Å². The average Bonchev–Trinajstić information content (AvgIpc) is 3.24. The molecule has 27 heavy (non-hydrogen) atoms. The SMILES string of the molecule is CCn1c(SCC(=O)N2CCNC2=O)nnc1-c1ccc(C(C)(C)C)cc1. The summed E-state index contributed by atoms with van der Waals surface area (Å²) >= 11 is 1.31. The number of imide groups is 1. The highest BCUT2D eigenvalue weighted by atomic mass is 32.2. The largest absolute Gasteiger partial charge is 0.336 e. The van der Waals surface area contributed by atoms with Crippen LogP contribution in [0.5, 0.6) is 0 Å². The van der Waals surface area contributed by atoms with Crippen molar-refractivity contribution in [2.24, 2.45) is 0 Å². The first-order chi connectivity index (χ1) is 12.8. The minimum absolute atomic E-state index is 0.0974. The Morgan fingerprint density at radius 1 is 1.22 bits per heavy atom. The summed E-state index contributed by atoms with van der Waals surface area (Å²) in [4.78, 5) is 25.1. The molecule has 0 atom stereocenters. The van der Waals surface area contributed by atoms with E-state index in [0.29, 0.717) is 24.8 Å². The van der Waals surface area contributed by atoms with E-state index in [1.165, 1.54) is 22.2 Å². The van der Waals surface area contributed by atoms with Gasteiger partial charge in [0, 0.05) is 25.2 Å². The van der Waals surface area contributed by atoms with E-state index in [1.54, 1.807) is 0 Å². The van der Waals surface area contributed by atoms with Crippen molar-refractivity contribution in [3.05, 3.63) is 29.8 Å². The van der Waals surface area contributed by atoms with Crippen LogP contribution in [0, 0.1) is 0 Å². The second-order valence-electron chi connectivity index (χ2n) is 7.44. The van der Waals surface area contributed by atoms with Crippen LogP contribution in [0.15, 0.2) is 29.4 Å². The zero-order valence-corrected chi connectivity index (χ0v) is 17.0. The van der Waals surface area contributed by atoms with E-state index in [9.17, 15) is 9.59 Å². The van der Waals surface area contributed by atoms with Crippen molar-refractivity contribution in [3.63, 3.8) is 0 Å². The van der Waals surface area contributed by atoms with Crippen molar-refractivity contribution < 1.29 is 9.59 Å². The summed E-state index contributed by atoms with van der Waals surface area (Å²) in [6, 6.07) is 8.03. The van der Waals surface area contributed by atoms with Gasteiger partial charge in [0.2, 0.25) is 5.91 Å². The van der Waals surface area contributed by atoms with E-state index in [0.717, 1.165) is 11.4 Å². The van der Waals surface area contributed by atoms with Gasteiger partial charge in [-0.05, 0) is 17.9 Å². The van der Waals surface area contributed by atoms with Crippen molar-refractivity contribution in [2.75, 3.05) is 18.8 Å². The van der Waals surface area contributed by atoms with Gasteiger partial charge in [-0.2, -0.15) is 0 Å². The number of hydrogen-bond acceptors (Lipinski definition) is 5. The number of aromatic nitrogens is 3. The Morgan fingerprint density at radius 3 is 2.48 bits per heavy atom. The summed E-state index contributed by atoms with van der Waals surface area (Å²) < 4.78 is 1.99. The number of thioether (sulfide) groups is 1. The molecular formula is C19H25N5O2S. The van der Waals surface area contributed by atoms with Gasteiger partial charge in [-0.3, -0.25) is 9.69 Å². The first-order valence-electron chi connectivity index (χ1n) is 9.06. The fourth-order valence-electron chi connectivity index (χ4n) is 2.93. The minimum Gasteiger partial charge on any atom is -0.336 e. The van der Waals surface area contributed by atoms with Crippen LogP contribution in [0.1, 0.15) is 33.3 Å². The van der Waals surface area contributed by atoms with Crippen LogP contribution in [-0.2, 0) is 16.8 Å². The third-order valence-corrected chi connectivity index (χ3v) is 5.48.